The van der Waals surface area contributed by atoms with E-state index in [1.54, 1.807) is 0 Å². The zero-order valence-corrected chi connectivity index (χ0v) is 23.5. The van der Waals surface area contributed by atoms with Crippen molar-refractivity contribution in [2.45, 2.75) is 101 Å². The van der Waals surface area contributed by atoms with E-state index in [0.717, 1.165) is 0 Å². The number of aromatic nitrogens is 2. The first-order valence-corrected chi connectivity index (χ1v) is 17.1. The Bertz CT molecular complexity index is 928. The lowest BCUT2D eigenvalue weighted by atomic mass is 10.1. The minimum absolute atomic E-state index is 0.00337. The molecule has 1 saturated heterocycles. The van der Waals surface area contributed by atoms with E-state index in [1.165, 1.54) is 23.9 Å². The number of methoxy groups -OCH3 is 1. The maximum absolute atomic E-state index is 12.6. The van der Waals surface area contributed by atoms with E-state index < -0.39 is 51.3 Å². The number of hydrogen-bond acceptors (Lipinski definition) is 6. The van der Waals surface area contributed by atoms with Gasteiger partial charge in [-0.1, -0.05) is 54.6 Å². The average Bonchev–Trinajstić information content (AvgIpc) is 2.91. The summed E-state index contributed by atoms with van der Waals surface area (Å²) in [7, 11) is -3.14. The van der Waals surface area contributed by atoms with Crippen LogP contribution >= 0.6 is 0 Å². The maximum atomic E-state index is 12.6. The summed E-state index contributed by atoms with van der Waals surface area (Å²) in [5.41, 5.74) is -1.09. The van der Waals surface area contributed by atoms with Crippen LogP contribution < -0.4 is 11.2 Å². The summed E-state index contributed by atoms with van der Waals surface area (Å²) in [4.78, 5) is 26.4. The first kappa shape index (κ1) is 27.2. The van der Waals surface area contributed by atoms with Crippen molar-refractivity contribution in [2.75, 3.05) is 13.7 Å². The Morgan fingerprint density at radius 2 is 1.69 bits per heavy atom. The molecule has 1 aliphatic heterocycles. The number of rotatable bonds is 6. The molecule has 0 bridgehead atoms. The molecule has 0 radical (unpaired) electrons. The summed E-state index contributed by atoms with van der Waals surface area (Å²) in [5, 5.41) is 10.9. The van der Waals surface area contributed by atoms with Crippen molar-refractivity contribution in [2.24, 2.45) is 0 Å². The zero-order chi connectivity index (χ0) is 24.9. The molecule has 1 fully saturated rings. The number of ether oxygens (including phenoxy) is 2. The number of H-pyrrole nitrogens is 1. The molecule has 1 aromatic rings. The molecule has 4 atom stereocenters. The summed E-state index contributed by atoms with van der Waals surface area (Å²) in [6.07, 6.45) is -0.996. The quantitative estimate of drug-likeness (QED) is 0.599. The van der Waals surface area contributed by atoms with E-state index in [9.17, 15) is 14.7 Å². The van der Waals surface area contributed by atoms with Gasteiger partial charge in [-0.25, -0.2) is 4.79 Å². The molecule has 8 nitrogen and oxygen atoms in total. The van der Waals surface area contributed by atoms with Crippen LogP contribution in [0.25, 0.3) is 0 Å². The van der Waals surface area contributed by atoms with Gasteiger partial charge in [0, 0.05) is 19.4 Å². The molecule has 2 N–H and O–H groups in total. The van der Waals surface area contributed by atoms with E-state index in [0.29, 0.717) is 0 Å². The Hall–Kier alpha value is -1.05. The number of aliphatic hydroxyl groups is 1. The lowest BCUT2D eigenvalue weighted by Crippen LogP contribution is -2.70. The zero-order valence-electron chi connectivity index (χ0n) is 21.5. The van der Waals surface area contributed by atoms with Crippen LogP contribution in [0.2, 0.25) is 36.3 Å². The van der Waals surface area contributed by atoms with Gasteiger partial charge in [0.15, 0.2) is 14.5 Å². The number of nitrogens with one attached hydrogen (secondary N) is 1. The van der Waals surface area contributed by atoms with Gasteiger partial charge in [0.05, 0.1) is 14.7 Å². The van der Waals surface area contributed by atoms with Crippen LogP contribution in [-0.4, -0.2) is 62.2 Å². The Labute approximate surface area is 193 Å². The summed E-state index contributed by atoms with van der Waals surface area (Å²) >= 11 is 0. The van der Waals surface area contributed by atoms with Crippen LogP contribution in [0, 0.1) is 0 Å². The van der Waals surface area contributed by atoms with Crippen molar-refractivity contribution in [3.05, 3.63) is 33.1 Å². The van der Waals surface area contributed by atoms with Crippen molar-refractivity contribution in [3.8, 4) is 0 Å². The molecule has 0 aliphatic carbocycles. The third kappa shape index (κ3) is 4.49. The summed E-state index contributed by atoms with van der Waals surface area (Å²) in [6, 6.07) is 1.27. The van der Waals surface area contributed by atoms with Crippen molar-refractivity contribution < 1.29 is 19.0 Å². The lowest BCUT2D eigenvalue weighted by molar-refractivity contribution is -0.0613. The monoisotopic (exact) mass is 486 g/mol. The Morgan fingerprint density at radius 1 is 1.12 bits per heavy atom. The molecule has 0 aromatic carbocycles. The van der Waals surface area contributed by atoms with E-state index in [-0.39, 0.29) is 16.7 Å². The SMILES string of the molecule is CO[C@H]1[C@H](n2ccc(=O)[nH]c2=O)O[C@H](CO[Si](C)(C)C(C)(C)C)[C@]1(O)[Si](C)(C)C(C)(C)C. The van der Waals surface area contributed by atoms with E-state index in [1.807, 2.05) is 0 Å². The largest absolute Gasteiger partial charge is 0.414 e. The molecule has 10 heteroatoms. The first-order valence-electron chi connectivity index (χ1n) is 11.2. The molecule has 0 spiro atoms. The summed E-state index contributed by atoms with van der Waals surface area (Å²) in [6.45, 7) is 21.6. The van der Waals surface area contributed by atoms with Gasteiger partial charge >= 0.3 is 5.69 Å². The van der Waals surface area contributed by atoms with Crippen LogP contribution in [0.5, 0.6) is 0 Å². The highest BCUT2D eigenvalue weighted by molar-refractivity contribution is 6.83. The van der Waals surface area contributed by atoms with Gasteiger partial charge in [0.2, 0.25) is 0 Å². The second-order valence-corrected chi connectivity index (χ2v) is 22.3. The predicted octanol–water partition coefficient (Wildman–Crippen LogP) is 3.25. The predicted molar refractivity (Wildman–Crippen MR) is 131 cm³/mol. The second kappa shape index (κ2) is 8.63. The minimum Gasteiger partial charge on any atom is -0.414 e. The topological polar surface area (TPSA) is 103 Å². The van der Waals surface area contributed by atoms with Gasteiger partial charge < -0.3 is 19.0 Å². The van der Waals surface area contributed by atoms with Gasteiger partial charge in [-0.2, -0.15) is 0 Å². The molecule has 2 heterocycles. The highest BCUT2D eigenvalue weighted by Crippen LogP contribution is 2.52. The third-order valence-corrected chi connectivity index (χ3v) is 19.0. The lowest BCUT2D eigenvalue weighted by Gasteiger charge is -2.51. The smallest absolute Gasteiger partial charge is 0.330 e. The number of nitrogens with zero attached hydrogens (tertiary/aromatic N) is 1. The normalized spacial score (nSPS) is 27.7. The number of aromatic amines is 1. The van der Waals surface area contributed by atoms with Gasteiger partial charge in [-0.05, 0) is 23.2 Å². The van der Waals surface area contributed by atoms with Crippen LogP contribution in [0.4, 0.5) is 0 Å². The van der Waals surface area contributed by atoms with Crippen LogP contribution in [0.1, 0.15) is 47.8 Å². The molecule has 0 unspecified atom stereocenters. The maximum Gasteiger partial charge on any atom is 0.330 e. The highest BCUT2D eigenvalue weighted by Gasteiger charge is 2.67. The van der Waals surface area contributed by atoms with Crippen molar-refractivity contribution in [1.29, 1.82) is 0 Å². The van der Waals surface area contributed by atoms with Gasteiger partial charge in [-0.15, -0.1) is 0 Å². The van der Waals surface area contributed by atoms with Crippen LogP contribution in [0.3, 0.4) is 0 Å². The fourth-order valence-electron chi connectivity index (χ4n) is 3.90. The molecule has 0 amide bonds. The fraction of sp³-hybridized carbons (Fsp3) is 0.818. The Balaban J connectivity index is 2.60. The molecular weight excluding hydrogens is 444 g/mol. The standard InChI is InChI=1S/C22H42N2O6Si2/c1-20(2,3)31(8,9)22(27)15(14-29-32(10,11)21(4,5)6)30-18(17(22)28-7)24-13-12-16(25)23-19(24)26/h12-13,15,17-18,27H,14H2,1-11H3,(H,23,25,26)/t15-,17+,18-,22+/m1/s1. The molecule has 2 rings (SSSR count). The molecule has 32 heavy (non-hydrogen) atoms. The van der Waals surface area contributed by atoms with E-state index in [2.05, 4.69) is 72.7 Å². The van der Waals surface area contributed by atoms with Gasteiger partial charge in [-0.3, -0.25) is 14.3 Å². The molecule has 1 aromatic heterocycles. The first-order chi connectivity index (χ1) is 14.3. The van der Waals surface area contributed by atoms with E-state index in [4.69, 9.17) is 13.9 Å². The molecule has 1 aliphatic rings. The fourth-order valence-corrected chi connectivity index (χ4v) is 8.04. The van der Waals surface area contributed by atoms with Crippen molar-refractivity contribution >= 4 is 16.4 Å². The Kier molecular flexibility index (Phi) is 7.33. The number of hydrogen-bond donors (Lipinski definition) is 2. The third-order valence-electron chi connectivity index (χ3n) is 8.14. The molecule has 0 saturated carbocycles. The Morgan fingerprint density at radius 3 is 2.12 bits per heavy atom. The van der Waals surface area contributed by atoms with Crippen molar-refractivity contribution in [1.82, 2.24) is 9.55 Å². The van der Waals surface area contributed by atoms with Crippen LogP contribution in [-0.2, 0) is 13.9 Å². The second-order valence-electron chi connectivity index (χ2n) is 12.0. The van der Waals surface area contributed by atoms with E-state index >= 15 is 0 Å². The van der Waals surface area contributed by atoms with Crippen LogP contribution in [0.15, 0.2) is 21.9 Å². The minimum atomic E-state index is -2.53. The average molecular weight is 487 g/mol. The summed E-state index contributed by atoms with van der Waals surface area (Å²) in [5.74, 6) is 0. The van der Waals surface area contributed by atoms with Gasteiger partial charge in [0.25, 0.3) is 5.56 Å². The highest BCUT2D eigenvalue weighted by atomic mass is 28.4. The van der Waals surface area contributed by atoms with Gasteiger partial charge in [0.1, 0.15) is 17.4 Å². The van der Waals surface area contributed by atoms with Crippen molar-refractivity contribution in [3.63, 3.8) is 0 Å². The molecule has 184 valence electrons. The summed E-state index contributed by atoms with van der Waals surface area (Å²) < 4.78 is 20.0. The molecular formula is C22H42N2O6Si2.